The number of hydrogen-bond donors (Lipinski definition) is 0. The molecule has 0 amide bonds. The summed E-state index contributed by atoms with van der Waals surface area (Å²) in [6, 6.07) is 13.9. The van der Waals surface area contributed by atoms with E-state index in [0.29, 0.717) is 5.52 Å². The zero-order valence-corrected chi connectivity index (χ0v) is 12.3. The van der Waals surface area contributed by atoms with Gasteiger partial charge in [0.2, 0.25) is 0 Å². The molecule has 5 heteroatoms. The number of hydrogen-bond acceptors (Lipinski definition) is 2. The van der Waals surface area contributed by atoms with Crippen LogP contribution in [-0.4, -0.2) is 9.78 Å². The maximum Gasteiger partial charge on any atom is 0.333 e. The van der Waals surface area contributed by atoms with Crippen LogP contribution in [0.5, 0.6) is 0 Å². The fraction of sp³-hybridized carbons (Fsp3) is 0.188. The van der Waals surface area contributed by atoms with E-state index >= 15 is 0 Å². The Kier molecular flexibility index (Phi) is 3.92. The summed E-state index contributed by atoms with van der Waals surface area (Å²) in [4.78, 5) is 0.987. The molecule has 1 heterocycles. The average Bonchev–Trinajstić information content (AvgIpc) is 2.90. The molecule has 0 radical (unpaired) electrons. The molecular formula is C16H14F2N2S. The predicted molar refractivity (Wildman–Crippen MR) is 81.7 cm³/mol. The number of rotatable bonds is 4. The lowest BCUT2D eigenvalue weighted by molar-refractivity contribution is 0.0573. The molecule has 3 rings (SSSR count). The van der Waals surface area contributed by atoms with Crippen LogP contribution in [0.4, 0.5) is 8.78 Å². The molecular weight excluding hydrogens is 290 g/mol. The van der Waals surface area contributed by atoms with E-state index in [1.165, 1.54) is 11.8 Å². The molecule has 0 bridgehead atoms. The fourth-order valence-electron chi connectivity index (χ4n) is 2.20. The quantitative estimate of drug-likeness (QED) is 0.629. The van der Waals surface area contributed by atoms with Crippen molar-refractivity contribution in [3.63, 3.8) is 0 Å². The van der Waals surface area contributed by atoms with Crippen molar-refractivity contribution in [2.24, 2.45) is 0 Å². The highest BCUT2D eigenvalue weighted by Crippen LogP contribution is 2.32. The molecule has 0 saturated carbocycles. The summed E-state index contributed by atoms with van der Waals surface area (Å²) >= 11 is 1.64. The molecule has 1 aromatic heterocycles. The van der Waals surface area contributed by atoms with Gasteiger partial charge in [-0.2, -0.15) is 13.9 Å². The van der Waals surface area contributed by atoms with Crippen molar-refractivity contribution in [3.8, 4) is 0 Å². The van der Waals surface area contributed by atoms with E-state index in [9.17, 15) is 8.78 Å². The van der Waals surface area contributed by atoms with Gasteiger partial charge < -0.3 is 0 Å². The van der Waals surface area contributed by atoms with Crippen LogP contribution in [0.15, 0.2) is 53.6 Å². The van der Waals surface area contributed by atoms with Crippen molar-refractivity contribution in [2.45, 2.75) is 24.1 Å². The first kappa shape index (κ1) is 14.1. The topological polar surface area (TPSA) is 17.8 Å². The Bertz CT molecular complexity index is 754. The summed E-state index contributed by atoms with van der Waals surface area (Å²) in [7, 11) is 0. The minimum Gasteiger partial charge on any atom is -0.210 e. The second-order valence-electron chi connectivity index (χ2n) is 4.86. The number of fused-ring (bicyclic) bond motifs is 1. The van der Waals surface area contributed by atoms with E-state index < -0.39 is 6.55 Å². The van der Waals surface area contributed by atoms with Gasteiger partial charge in [0, 0.05) is 22.2 Å². The van der Waals surface area contributed by atoms with Crippen LogP contribution in [0.1, 0.15) is 17.7 Å². The van der Waals surface area contributed by atoms with Gasteiger partial charge >= 0.3 is 6.55 Å². The average molecular weight is 304 g/mol. The number of alkyl halides is 2. The molecule has 2 nitrogen and oxygen atoms in total. The SMILES string of the molecule is Cc1cc(SCc2ccccc2)c2cn(C(F)F)nc2c1. The minimum atomic E-state index is -2.61. The van der Waals surface area contributed by atoms with Crippen molar-refractivity contribution in [3.05, 3.63) is 59.8 Å². The molecule has 0 N–H and O–H groups in total. The van der Waals surface area contributed by atoms with Crippen molar-refractivity contribution in [2.75, 3.05) is 0 Å². The third-order valence-electron chi connectivity index (χ3n) is 3.19. The molecule has 0 atom stereocenters. The van der Waals surface area contributed by atoms with Gasteiger partial charge in [0.05, 0.1) is 5.52 Å². The smallest absolute Gasteiger partial charge is 0.210 e. The van der Waals surface area contributed by atoms with Gasteiger partial charge in [0.15, 0.2) is 0 Å². The van der Waals surface area contributed by atoms with Crippen LogP contribution in [-0.2, 0) is 5.75 Å². The highest BCUT2D eigenvalue weighted by Gasteiger charge is 2.12. The van der Waals surface area contributed by atoms with Gasteiger partial charge in [-0.25, -0.2) is 4.68 Å². The Morgan fingerprint density at radius 2 is 1.95 bits per heavy atom. The predicted octanol–water partition coefficient (Wildman–Crippen LogP) is 5.03. The van der Waals surface area contributed by atoms with Gasteiger partial charge in [0.1, 0.15) is 0 Å². The highest BCUT2D eigenvalue weighted by molar-refractivity contribution is 7.98. The van der Waals surface area contributed by atoms with Crippen molar-refractivity contribution >= 4 is 22.7 Å². The lowest BCUT2D eigenvalue weighted by Crippen LogP contribution is -1.96. The largest absolute Gasteiger partial charge is 0.333 e. The van der Waals surface area contributed by atoms with E-state index in [2.05, 4.69) is 17.2 Å². The Morgan fingerprint density at radius 3 is 2.67 bits per heavy atom. The second kappa shape index (κ2) is 5.85. The van der Waals surface area contributed by atoms with Gasteiger partial charge in [-0.3, -0.25) is 0 Å². The van der Waals surface area contributed by atoms with Crippen LogP contribution in [0, 0.1) is 6.92 Å². The van der Waals surface area contributed by atoms with Gasteiger partial charge in [-0.05, 0) is 30.2 Å². The van der Waals surface area contributed by atoms with Crippen LogP contribution < -0.4 is 0 Å². The van der Waals surface area contributed by atoms with Crippen molar-refractivity contribution in [1.29, 1.82) is 0 Å². The van der Waals surface area contributed by atoms with E-state index in [-0.39, 0.29) is 0 Å². The molecule has 0 aliphatic heterocycles. The number of thioether (sulfide) groups is 1. The lowest BCUT2D eigenvalue weighted by atomic mass is 10.2. The van der Waals surface area contributed by atoms with E-state index in [4.69, 9.17) is 0 Å². The number of benzene rings is 2. The molecule has 3 aromatic rings. The number of aromatic nitrogens is 2. The van der Waals surface area contributed by atoms with E-state index in [1.807, 2.05) is 37.3 Å². The molecule has 2 aromatic carbocycles. The van der Waals surface area contributed by atoms with Gasteiger partial charge in [-0.15, -0.1) is 11.8 Å². The summed E-state index contributed by atoms with van der Waals surface area (Å²) in [6.07, 6.45) is 1.42. The van der Waals surface area contributed by atoms with Crippen LogP contribution >= 0.6 is 11.8 Å². The van der Waals surface area contributed by atoms with Crippen molar-refractivity contribution in [1.82, 2.24) is 9.78 Å². The molecule has 0 fully saturated rings. The summed E-state index contributed by atoms with van der Waals surface area (Å²) in [6.45, 7) is -0.655. The normalized spacial score (nSPS) is 11.4. The first-order valence-corrected chi connectivity index (χ1v) is 7.56. The van der Waals surface area contributed by atoms with Crippen LogP contribution in [0.2, 0.25) is 0 Å². The first-order valence-electron chi connectivity index (χ1n) is 6.58. The monoisotopic (exact) mass is 304 g/mol. The second-order valence-corrected chi connectivity index (χ2v) is 5.87. The molecule has 21 heavy (non-hydrogen) atoms. The Labute approximate surface area is 125 Å². The summed E-state index contributed by atoms with van der Waals surface area (Å²) in [5.41, 5.74) is 2.85. The Morgan fingerprint density at radius 1 is 1.19 bits per heavy atom. The van der Waals surface area contributed by atoms with Crippen molar-refractivity contribution < 1.29 is 8.78 Å². The minimum absolute atomic E-state index is 0.617. The number of aryl methyl sites for hydroxylation is 1. The summed E-state index contributed by atoms with van der Waals surface area (Å²) in [5.74, 6) is 0.805. The third-order valence-corrected chi connectivity index (χ3v) is 4.31. The first-order chi connectivity index (χ1) is 10.1. The maximum absolute atomic E-state index is 12.8. The Balaban J connectivity index is 1.93. The molecule has 0 saturated heterocycles. The van der Waals surface area contributed by atoms with Crippen LogP contribution in [0.25, 0.3) is 10.9 Å². The zero-order valence-electron chi connectivity index (χ0n) is 11.5. The molecule has 0 unspecified atom stereocenters. The van der Waals surface area contributed by atoms with E-state index in [0.717, 1.165) is 26.3 Å². The zero-order chi connectivity index (χ0) is 14.8. The fourth-order valence-corrected chi connectivity index (χ4v) is 3.30. The third kappa shape index (κ3) is 3.08. The maximum atomic E-state index is 12.8. The standard InChI is InChI=1S/C16H14F2N2S/c1-11-7-14-13(9-20(19-14)16(17)18)15(8-11)21-10-12-5-3-2-4-6-12/h2-9,16H,10H2,1H3. The molecule has 0 aliphatic carbocycles. The van der Waals surface area contributed by atoms with Crippen LogP contribution in [0.3, 0.4) is 0 Å². The Hall–Kier alpha value is -1.88. The van der Waals surface area contributed by atoms with Gasteiger partial charge in [-0.1, -0.05) is 30.3 Å². The molecule has 0 aliphatic rings. The molecule has 108 valence electrons. The lowest BCUT2D eigenvalue weighted by Gasteiger charge is -2.04. The summed E-state index contributed by atoms with van der Waals surface area (Å²) in [5, 5.41) is 4.72. The highest BCUT2D eigenvalue weighted by atomic mass is 32.2. The number of nitrogens with zero attached hydrogens (tertiary/aromatic N) is 2. The summed E-state index contributed by atoms with van der Waals surface area (Å²) < 4.78 is 26.3. The molecule has 0 spiro atoms. The van der Waals surface area contributed by atoms with E-state index in [1.54, 1.807) is 11.8 Å². The van der Waals surface area contributed by atoms with Gasteiger partial charge in [0.25, 0.3) is 0 Å². The number of halogens is 2.